The minimum absolute atomic E-state index is 0.0379. The number of rotatable bonds is 1. The molecular formula is C16H20N2O. The van der Waals surface area contributed by atoms with Crippen LogP contribution >= 0.6 is 0 Å². The van der Waals surface area contributed by atoms with Crippen LogP contribution in [0.4, 0.5) is 0 Å². The number of allylic oxidation sites excluding steroid dienone is 2. The van der Waals surface area contributed by atoms with Crippen LogP contribution in [0.25, 0.3) is 0 Å². The van der Waals surface area contributed by atoms with E-state index in [4.69, 9.17) is 5.73 Å². The molecule has 0 saturated carbocycles. The lowest BCUT2D eigenvalue weighted by Gasteiger charge is -2.45. The second-order valence-corrected chi connectivity index (χ2v) is 5.67. The van der Waals surface area contributed by atoms with E-state index >= 15 is 0 Å². The fourth-order valence-corrected chi connectivity index (χ4v) is 3.61. The van der Waals surface area contributed by atoms with Crippen molar-refractivity contribution in [3.8, 4) is 0 Å². The third-order valence-corrected chi connectivity index (χ3v) is 4.48. The molecule has 0 aliphatic heterocycles. The second kappa shape index (κ2) is 4.20. The Morgan fingerprint density at radius 2 is 2.26 bits per heavy atom. The maximum Gasteiger partial charge on any atom is 0.248 e. The number of pyridine rings is 1. The summed E-state index contributed by atoms with van der Waals surface area (Å²) in [7, 11) is 0. The van der Waals surface area contributed by atoms with Gasteiger partial charge in [0, 0.05) is 29.6 Å². The molecule has 0 aromatic carbocycles. The van der Waals surface area contributed by atoms with Crippen molar-refractivity contribution in [2.45, 2.75) is 44.6 Å². The molecule has 2 bridgehead atoms. The number of nitrogens with one attached hydrogen (secondary N) is 1. The average Bonchev–Trinajstić information content (AvgIpc) is 2.36. The molecule has 0 saturated heterocycles. The van der Waals surface area contributed by atoms with Crippen molar-refractivity contribution in [2.75, 3.05) is 0 Å². The molecule has 0 unspecified atom stereocenters. The standard InChI is InChI=1S/C16H20N2O/c1-3-10-7-12-11-5-6-15(19)18-14(11)9-16(17,8-10)13(12)4-2/h4-7,12H,3,8-9,17H2,1-2H3,(H,18,19)/t12-,16-/m0/s1. The van der Waals surface area contributed by atoms with Gasteiger partial charge in [0.1, 0.15) is 0 Å². The van der Waals surface area contributed by atoms with Gasteiger partial charge >= 0.3 is 0 Å². The average molecular weight is 256 g/mol. The number of hydrogen-bond donors (Lipinski definition) is 2. The van der Waals surface area contributed by atoms with E-state index < -0.39 is 0 Å². The minimum atomic E-state index is -0.323. The van der Waals surface area contributed by atoms with E-state index in [1.54, 1.807) is 6.07 Å². The Morgan fingerprint density at radius 1 is 1.47 bits per heavy atom. The van der Waals surface area contributed by atoms with Gasteiger partial charge in [-0.2, -0.15) is 0 Å². The van der Waals surface area contributed by atoms with Crippen LogP contribution in [-0.4, -0.2) is 10.5 Å². The van der Waals surface area contributed by atoms with Gasteiger partial charge in [-0.1, -0.05) is 30.7 Å². The summed E-state index contributed by atoms with van der Waals surface area (Å²) in [4.78, 5) is 14.5. The lowest BCUT2D eigenvalue weighted by molar-refractivity contribution is 0.421. The summed E-state index contributed by atoms with van der Waals surface area (Å²) >= 11 is 0. The van der Waals surface area contributed by atoms with E-state index in [1.807, 2.05) is 6.07 Å². The maximum absolute atomic E-state index is 11.5. The highest BCUT2D eigenvalue weighted by atomic mass is 16.1. The molecule has 0 spiro atoms. The van der Waals surface area contributed by atoms with Gasteiger partial charge in [0.15, 0.2) is 0 Å². The van der Waals surface area contributed by atoms with Gasteiger partial charge in [0.25, 0.3) is 0 Å². The fraction of sp³-hybridized carbons (Fsp3) is 0.438. The molecule has 0 fully saturated rings. The molecule has 2 atom stereocenters. The highest BCUT2D eigenvalue weighted by Crippen LogP contribution is 2.47. The van der Waals surface area contributed by atoms with Crippen molar-refractivity contribution < 1.29 is 0 Å². The smallest absolute Gasteiger partial charge is 0.248 e. The predicted octanol–water partition coefficient (Wildman–Crippen LogP) is 2.40. The Labute approximate surface area is 113 Å². The summed E-state index contributed by atoms with van der Waals surface area (Å²) in [6.45, 7) is 4.24. The number of aromatic nitrogens is 1. The van der Waals surface area contributed by atoms with Crippen molar-refractivity contribution in [3.05, 3.63) is 57.0 Å². The van der Waals surface area contributed by atoms with Crippen LogP contribution in [0.2, 0.25) is 0 Å². The Kier molecular flexibility index (Phi) is 2.75. The van der Waals surface area contributed by atoms with Crippen LogP contribution in [0.5, 0.6) is 0 Å². The third-order valence-electron chi connectivity index (χ3n) is 4.48. The quantitative estimate of drug-likeness (QED) is 0.758. The summed E-state index contributed by atoms with van der Waals surface area (Å²) in [5.41, 5.74) is 11.2. The van der Waals surface area contributed by atoms with E-state index in [-0.39, 0.29) is 17.0 Å². The number of hydrogen-bond acceptors (Lipinski definition) is 2. The van der Waals surface area contributed by atoms with Crippen molar-refractivity contribution in [3.63, 3.8) is 0 Å². The highest BCUT2D eigenvalue weighted by Gasteiger charge is 2.43. The number of aromatic amines is 1. The van der Waals surface area contributed by atoms with Gasteiger partial charge < -0.3 is 10.7 Å². The van der Waals surface area contributed by atoms with Gasteiger partial charge in [-0.25, -0.2) is 0 Å². The van der Waals surface area contributed by atoms with Gasteiger partial charge in [-0.15, -0.1) is 0 Å². The molecule has 3 nitrogen and oxygen atoms in total. The molecular weight excluding hydrogens is 236 g/mol. The van der Waals surface area contributed by atoms with Crippen LogP contribution in [-0.2, 0) is 6.42 Å². The van der Waals surface area contributed by atoms with E-state index in [0.717, 1.165) is 25.0 Å². The van der Waals surface area contributed by atoms with E-state index in [0.29, 0.717) is 0 Å². The molecule has 0 radical (unpaired) electrons. The van der Waals surface area contributed by atoms with Crippen LogP contribution < -0.4 is 11.3 Å². The number of fused-ring (bicyclic) bond motifs is 4. The van der Waals surface area contributed by atoms with Gasteiger partial charge in [-0.3, -0.25) is 4.79 Å². The van der Waals surface area contributed by atoms with Gasteiger partial charge in [-0.05, 0) is 30.9 Å². The Balaban J connectivity index is 2.24. The number of H-pyrrole nitrogens is 1. The minimum Gasteiger partial charge on any atom is -0.326 e. The van der Waals surface area contributed by atoms with Crippen molar-refractivity contribution in [2.24, 2.45) is 5.73 Å². The summed E-state index contributed by atoms with van der Waals surface area (Å²) < 4.78 is 0. The molecule has 1 heterocycles. The molecule has 3 N–H and O–H groups in total. The van der Waals surface area contributed by atoms with Crippen molar-refractivity contribution in [1.29, 1.82) is 0 Å². The number of nitrogens with two attached hydrogens (primary N) is 1. The Bertz CT molecular complexity index is 638. The molecule has 19 heavy (non-hydrogen) atoms. The molecule has 3 heteroatoms. The molecule has 100 valence electrons. The summed E-state index contributed by atoms with van der Waals surface area (Å²) in [6.07, 6.45) is 7.16. The largest absolute Gasteiger partial charge is 0.326 e. The Hall–Kier alpha value is -1.61. The fourth-order valence-electron chi connectivity index (χ4n) is 3.61. The normalized spacial score (nSPS) is 31.0. The second-order valence-electron chi connectivity index (χ2n) is 5.67. The lowest BCUT2D eigenvalue weighted by Crippen LogP contribution is -2.51. The predicted molar refractivity (Wildman–Crippen MR) is 77.2 cm³/mol. The third kappa shape index (κ3) is 1.80. The molecule has 1 aromatic rings. The first kappa shape index (κ1) is 12.4. The van der Waals surface area contributed by atoms with E-state index in [2.05, 4.69) is 31.0 Å². The zero-order chi connectivity index (χ0) is 13.6. The zero-order valence-electron chi connectivity index (χ0n) is 11.5. The maximum atomic E-state index is 11.5. The molecule has 2 aliphatic rings. The summed E-state index contributed by atoms with van der Waals surface area (Å²) in [6, 6.07) is 3.57. The zero-order valence-corrected chi connectivity index (χ0v) is 11.5. The van der Waals surface area contributed by atoms with Crippen LogP contribution in [0, 0.1) is 0 Å². The first-order valence-corrected chi connectivity index (χ1v) is 6.94. The van der Waals surface area contributed by atoms with Crippen molar-refractivity contribution in [1.82, 2.24) is 4.98 Å². The monoisotopic (exact) mass is 256 g/mol. The molecule has 2 aliphatic carbocycles. The first-order valence-electron chi connectivity index (χ1n) is 6.94. The van der Waals surface area contributed by atoms with Gasteiger partial charge in [0.05, 0.1) is 0 Å². The van der Waals surface area contributed by atoms with Crippen LogP contribution in [0.15, 0.2) is 40.2 Å². The first-order chi connectivity index (χ1) is 9.07. The summed E-state index contributed by atoms with van der Waals surface area (Å²) in [5.74, 6) is 0.235. The SMILES string of the molecule is CC=C1[C@H]2C=C(CC)C[C@]1(N)Cc1[nH]c(=O)ccc12. The van der Waals surface area contributed by atoms with Crippen molar-refractivity contribution >= 4 is 0 Å². The summed E-state index contributed by atoms with van der Waals surface area (Å²) in [5, 5.41) is 0. The van der Waals surface area contributed by atoms with E-state index in [9.17, 15) is 4.79 Å². The topological polar surface area (TPSA) is 58.9 Å². The molecule has 3 rings (SSSR count). The van der Waals surface area contributed by atoms with Crippen LogP contribution in [0.3, 0.4) is 0 Å². The van der Waals surface area contributed by atoms with Crippen LogP contribution in [0.1, 0.15) is 43.9 Å². The Morgan fingerprint density at radius 3 is 2.95 bits per heavy atom. The molecule has 0 amide bonds. The highest BCUT2D eigenvalue weighted by molar-refractivity contribution is 5.51. The lowest BCUT2D eigenvalue weighted by atomic mass is 9.63. The van der Waals surface area contributed by atoms with E-state index in [1.165, 1.54) is 16.7 Å². The van der Waals surface area contributed by atoms with Gasteiger partial charge in [0.2, 0.25) is 5.56 Å². The molecule has 1 aromatic heterocycles.